The van der Waals surface area contributed by atoms with E-state index in [1.165, 1.54) is 51.4 Å². The van der Waals surface area contributed by atoms with Gasteiger partial charge in [-0.1, -0.05) is 95.9 Å². The molecule has 0 aliphatic heterocycles. The summed E-state index contributed by atoms with van der Waals surface area (Å²) in [5.41, 5.74) is 0.573. The number of ketones is 1. The number of hydrogen-bond acceptors (Lipinski definition) is 3. The summed E-state index contributed by atoms with van der Waals surface area (Å²) in [7, 11) is 0. The number of Topliss-reactive ketones (excluding diaryl/α,β-unsaturated/α-hetero) is 1. The van der Waals surface area contributed by atoms with Gasteiger partial charge in [0, 0.05) is 31.7 Å². The van der Waals surface area contributed by atoms with Crippen LogP contribution in [-0.4, -0.2) is 47.4 Å². The average molecular weight is 439 g/mol. The molecule has 1 aromatic carbocycles. The van der Waals surface area contributed by atoms with Gasteiger partial charge in [0.2, 0.25) is 0 Å². The van der Waals surface area contributed by atoms with Crippen LogP contribution in [0.2, 0.25) is 0 Å². The zero-order valence-electron chi connectivity index (χ0n) is 21.1. The molecule has 0 spiro atoms. The first-order valence-electron chi connectivity index (χ1n) is 13.1. The predicted octanol–water partition coefficient (Wildman–Crippen LogP) is 7.11. The van der Waals surface area contributed by atoms with E-state index < -0.39 is 0 Å². The third kappa shape index (κ3) is 7.15. The van der Waals surface area contributed by atoms with E-state index in [-0.39, 0.29) is 17.4 Å². The summed E-state index contributed by atoms with van der Waals surface area (Å²) in [6.45, 7) is 13.5. The maximum atomic E-state index is 13.1. The van der Waals surface area contributed by atoms with Crippen molar-refractivity contribution in [2.75, 3.05) is 26.2 Å². The molecule has 0 saturated carbocycles. The van der Waals surface area contributed by atoms with Crippen LogP contribution in [0, 0.1) is 5.92 Å². The van der Waals surface area contributed by atoms with Gasteiger partial charge in [-0.3, -0.25) is 14.6 Å². The predicted molar refractivity (Wildman–Crippen MR) is 138 cm³/mol. The second-order valence-electron chi connectivity index (χ2n) is 9.15. The summed E-state index contributed by atoms with van der Waals surface area (Å²) in [6.07, 6.45) is 18.7. The van der Waals surface area contributed by atoms with Gasteiger partial charge in [-0.2, -0.15) is 0 Å². The molecule has 1 aromatic rings. The number of unbranched alkanes of at least 4 members (excludes halogenated alkanes) is 4. The van der Waals surface area contributed by atoms with Gasteiger partial charge in [0.25, 0.3) is 0 Å². The first kappa shape index (κ1) is 26.5. The smallest absolute Gasteiger partial charge is 0.173 e. The first-order valence-corrected chi connectivity index (χ1v) is 13.1. The number of nitrogens with zero attached hydrogens (tertiary/aromatic N) is 2. The highest BCUT2D eigenvalue weighted by Gasteiger charge is 2.39. The van der Waals surface area contributed by atoms with E-state index in [1.54, 1.807) is 0 Å². The normalized spacial score (nSPS) is 15.7. The molecular weight excluding hydrogens is 392 g/mol. The number of hydrogen-bond donors (Lipinski definition) is 0. The van der Waals surface area contributed by atoms with Crippen molar-refractivity contribution in [3.63, 3.8) is 0 Å². The largest absolute Gasteiger partial charge is 0.293 e. The van der Waals surface area contributed by atoms with Gasteiger partial charge < -0.3 is 0 Å². The van der Waals surface area contributed by atoms with Crippen molar-refractivity contribution < 1.29 is 4.79 Å². The average Bonchev–Trinajstić information content (AvgIpc) is 2.84. The van der Waals surface area contributed by atoms with E-state index in [0.717, 1.165) is 31.7 Å². The van der Waals surface area contributed by atoms with Gasteiger partial charge in [-0.25, -0.2) is 0 Å². The molecule has 3 nitrogen and oxygen atoms in total. The Morgan fingerprint density at radius 2 is 1.12 bits per heavy atom. The summed E-state index contributed by atoms with van der Waals surface area (Å²) >= 11 is 0. The van der Waals surface area contributed by atoms with Crippen LogP contribution < -0.4 is 0 Å². The molecule has 0 unspecified atom stereocenters. The highest BCUT2D eigenvalue weighted by atomic mass is 16.1. The molecule has 0 heterocycles. The fourth-order valence-corrected chi connectivity index (χ4v) is 4.54. The van der Waals surface area contributed by atoms with E-state index in [1.807, 2.05) is 30.3 Å². The van der Waals surface area contributed by atoms with Crippen molar-refractivity contribution in [3.8, 4) is 0 Å². The maximum absolute atomic E-state index is 13.1. The first-order chi connectivity index (χ1) is 15.6. The van der Waals surface area contributed by atoms with E-state index in [0.29, 0.717) is 0 Å². The molecule has 1 aliphatic rings. The minimum Gasteiger partial charge on any atom is -0.293 e. The lowest BCUT2D eigenvalue weighted by atomic mass is 9.87. The van der Waals surface area contributed by atoms with Crippen LogP contribution in [0.25, 0.3) is 0 Å². The van der Waals surface area contributed by atoms with Gasteiger partial charge in [0.15, 0.2) is 5.78 Å². The standard InChI is InChI=1S/C29H46N2O/c1-5-9-22-30(23-10-6-2)29(31(24-11-7-3)25-12-8-4)20-18-27(19-21-29)28(32)26-16-14-13-15-17-26/h13-21,27H,5-12,22-25H2,1-4H3. The molecule has 0 saturated heterocycles. The highest BCUT2D eigenvalue weighted by molar-refractivity contribution is 6.00. The van der Waals surface area contributed by atoms with Crippen molar-refractivity contribution >= 4 is 5.78 Å². The summed E-state index contributed by atoms with van der Waals surface area (Å²) in [5.74, 6) is 0.0120. The number of allylic oxidation sites excluding steroid dienone is 2. The molecule has 3 heteroatoms. The summed E-state index contributed by atoms with van der Waals surface area (Å²) in [6, 6.07) is 9.71. The molecule has 2 rings (SSSR count). The fraction of sp³-hybridized carbons (Fsp3) is 0.621. The van der Waals surface area contributed by atoms with Crippen LogP contribution in [0.15, 0.2) is 54.6 Å². The van der Waals surface area contributed by atoms with Gasteiger partial charge >= 0.3 is 0 Å². The molecular formula is C29H46N2O. The quantitative estimate of drug-likeness (QED) is 0.156. The van der Waals surface area contributed by atoms with Crippen molar-refractivity contribution in [2.45, 2.75) is 84.7 Å². The van der Waals surface area contributed by atoms with Crippen molar-refractivity contribution in [1.82, 2.24) is 9.80 Å². The maximum Gasteiger partial charge on any atom is 0.173 e. The Kier molecular flexibility index (Phi) is 12.0. The Morgan fingerprint density at radius 3 is 1.50 bits per heavy atom. The summed E-state index contributed by atoms with van der Waals surface area (Å²) < 4.78 is 0. The minimum atomic E-state index is -0.220. The Morgan fingerprint density at radius 1 is 0.719 bits per heavy atom. The van der Waals surface area contributed by atoms with Gasteiger partial charge in [0.1, 0.15) is 5.66 Å². The summed E-state index contributed by atoms with van der Waals surface area (Å²) in [5, 5.41) is 0. The molecule has 0 radical (unpaired) electrons. The van der Waals surface area contributed by atoms with Crippen molar-refractivity contribution in [1.29, 1.82) is 0 Å². The van der Waals surface area contributed by atoms with Crippen LogP contribution in [-0.2, 0) is 0 Å². The molecule has 178 valence electrons. The number of carbonyl (C=O) groups excluding carboxylic acids is 1. The Labute approximate surface area is 197 Å². The third-order valence-electron chi connectivity index (χ3n) is 6.60. The minimum absolute atomic E-state index is 0.177. The van der Waals surface area contributed by atoms with Crippen molar-refractivity contribution in [3.05, 3.63) is 60.2 Å². The Balaban J connectivity index is 2.38. The monoisotopic (exact) mass is 438 g/mol. The topological polar surface area (TPSA) is 23.6 Å². The molecule has 0 aromatic heterocycles. The molecule has 0 fully saturated rings. The SMILES string of the molecule is CCCCN(CCCC)C1(N(CCCC)CCCC)C=CC(C(=O)c2ccccc2)C=C1. The zero-order valence-corrected chi connectivity index (χ0v) is 21.1. The van der Waals surface area contributed by atoms with E-state index >= 15 is 0 Å². The molecule has 1 aliphatic carbocycles. The highest BCUT2D eigenvalue weighted by Crippen LogP contribution is 2.32. The second-order valence-corrected chi connectivity index (χ2v) is 9.15. The zero-order chi connectivity index (χ0) is 23.2. The summed E-state index contributed by atoms with van der Waals surface area (Å²) in [4.78, 5) is 18.5. The van der Waals surface area contributed by atoms with Gasteiger partial charge in [-0.05, 0) is 37.8 Å². The molecule has 0 atom stereocenters. The Bertz CT molecular complexity index is 657. The third-order valence-corrected chi connectivity index (χ3v) is 6.60. The lowest BCUT2D eigenvalue weighted by molar-refractivity contribution is 0.00817. The molecule has 0 N–H and O–H groups in total. The van der Waals surface area contributed by atoms with Crippen LogP contribution in [0.4, 0.5) is 0 Å². The van der Waals surface area contributed by atoms with Gasteiger partial charge in [-0.15, -0.1) is 0 Å². The molecule has 0 amide bonds. The van der Waals surface area contributed by atoms with Crippen LogP contribution in [0.3, 0.4) is 0 Å². The molecule has 32 heavy (non-hydrogen) atoms. The van der Waals surface area contributed by atoms with E-state index in [4.69, 9.17) is 0 Å². The second kappa shape index (κ2) is 14.4. The lowest BCUT2D eigenvalue weighted by Crippen LogP contribution is -2.60. The van der Waals surface area contributed by atoms with E-state index in [2.05, 4.69) is 61.8 Å². The van der Waals surface area contributed by atoms with Crippen LogP contribution in [0.5, 0.6) is 0 Å². The van der Waals surface area contributed by atoms with Crippen molar-refractivity contribution in [2.24, 2.45) is 5.92 Å². The molecule has 0 bridgehead atoms. The Hall–Kier alpha value is -1.71. The van der Waals surface area contributed by atoms with Gasteiger partial charge in [0.05, 0.1) is 5.92 Å². The number of rotatable bonds is 16. The lowest BCUT2D eigenvalue weighted by Gasteiger charge is -2.49. The fourth-order valence-electron chi connectivity index (χ4n) is 4.54. The van der Waals surface area contributed by atoms with Crippen LogP contribution >= 0.6 is 0 Å². The number of benzene rings is 1. The number of carbonyl (C=O) groups is 1. The van der Waals surface area contributed by atoms with Crippen LogP contribution in [0.1, 0.15) is 89.4 Å². The van der Waals surface area contributed by atoms with E-state index in [9.17, 15) is 4.79 Å².